The molecule has 0 saturated heterocycles. The maximum atomic E-state index is 8.93. The molecule has 0 aliphatic rings. The van der Waals surface area contributed by atoms with E-state index in [0.717, 1.165) is 0 Å². The van der Waals surface area contributed by atoms with Gasteiger partial charge >= 0.3 is 108 Å². The number of halogens is 1. The smallest absolute Gasteiger partial charge is 1.00 e. The summed E-state index contributed by atoms with van der Waals surface area (Å²) < 4.78 is 0. The van der Waals surface area contributed by atoms with Gasteiger partial charge in [0.15, 0.2) is 0 Å². The Hall–Kier alpha value is 2.80. The van der Waals surface area contributed by atoms with E-state index in [9.17, 15) is 0 Å². The largest absolute Gasteiger partial charge is 2.00 e. The number of carboxylic acids is 2. The summed E-state index contributed by atoms with van der Waals surface area (Å²) >= 11 is 0. The second-order valence-corrected chi connectivity index (χ2v) is 0.575. The van der Waals surface area contributed by atoms with E-state index in [0.29, 0.717) is 0 Å². The number of carbonyl (C=O) groups excluding carboxylic acids is 2. The van der Waals surface area contributed by atoms with E-state index >= 15 is 0 Å². The molecule has 0 unspecified atom stereocenters. The number of aliphatic carboxylic acids is 2. The summed E-state index contributed by atoms with van der Waals surface area (Å²) in [5, 5.41) is 17.9. The van der Waals surface area contributed by atoms with Gasteiger partial charge < -0.3 is 32.2 Å². The van der Waals surface area contributed by atoms with Crippen molar-refractivity contribution in [2.75, 3.05) is 0 Å². The molecule has 0 atom stereocenters. The van der Waals surface area contributed by atoms with E-state index in [1.54, 1.807) is 0 Å². The van der Waals surface area contributed by atoms with Crippen molar-refractivity contribution >= 4 is 60.8 Å². The van der Waals surface area contributed by atoms with Gasteiger partial charge in [-0.05, 0) is 0 Å². The van der Waals surface area contributed by atoms with Crippen LogP contribution >= 0.6 is 0 Å². The third kappa shape index (κ3) is 22.4. The van der Waals surface area contributed by atoms with Gasteiger partial charge in [-0.25, -0.2) is 0 Å². The summed E-state index contributed by atoms with van der Waals surface area (Å²) in [6.45, 7) is 0. The number of carbonyl (C=O) groups is 2. The molecule has 0 amide bonds. The normalized spacial score (nSPS) is 4.40. The Balaban J connectivity index is -0.0000000208. The van der Waals surface area contributed by atoms with Crippen molar-refractivity contribution in [3.8, 4) is 0 Å². The minimum atomic E-state index is -2.19. The molecular formula is C2BaClNa2O4+. The molecule has 0 saturated carbocycles. The summed E-state index contributed by atoms with van der Waals surface area (Å²) in [5.74, 6) is -4.37. The second kappa shape index (κ2) is 17.8. The third-order valence-corrected chi connectivity index (χ3v) is 0.167. The predicted octanol–water partition coefficient (Wildman–Crippen LogP) is -12.9. The summed E-state index contributed by atoms with van der Waals surface area (Å²) in [6, 6.07) is 0. The molecule has 0 rings (SSSR count). The van der Waals surface area contributed by atoms with Crippen molar-refractivity contribution in [2.45, 2.75) is 0 Å². The summed E-state index contributed by atoms with van der Waals surface area (Å²) in [6.07, 6.45) is 0. The summed E-state index contributed by atoms with van der Waals surface area (Å²) in [4.78, 5) is 17.9. The number of hydrogen-bond donors (Lipinski definition) is 0. The van der Waals surface area contributed by atoms with Crippen molar-refractivity contribution < 1.29 is 91.3 Å². The zero-order valence-corrected chi connectivity index (χ0v) is 14.9. The number of hydrogen-bond acceptors (Lipinski definition) is 4. The molecular weight excluding hydrogens is 307 g/mol. The maximum Gasteiger partial charge on any atom is 2.00 e. The molecule has 0 spiro atoms. The topological polar surface area (TPSA) is 80.3 Å². The third-order valence-electron chi connectivity index (χ3n) is 0.167. The SMILES string of the molecule is O=C([O-])C(=O)[O-].[Ba+2].[Cl-].[Na+].[Na+]. The molecule has 0 radical (unpaired) electrons. The van der Waals surface area contributed by atoms with E-state index in [1.165, 1.54) is 0 Å². The average Bonchev–Trinajstić information content (AvgIpc) is 1.36. The van der Waals surface area contributed by atoms with Crippen molar-refractivity contribution in [1.29, 1.82) is 0 Å². The first-order valence-electron chi connectivity index (χ1n) is 1.07. The monoisotopic (exact) mass is 307 g/mol. The standard InChI is InChI=1S/C2H2O4.Ba.ClH.2Na/c3-1(4)2(5)6;;;;/h(H,3,4)(H,5,6);;1H;;/q;+2;;2*+1/p-3. The molecule has 0 fully saturated rings. The molecule has 0 N–H and O–H groups in total. The molecule has 4 nitrogen and oxygen atoms in total. The van der Waals surface area contributed by atoms with Crippen molar-refractivity contribution in [1.82, 2.24) is 0 Å². The molecule has 0 aliphatic carbocycles. The molecule has 0 aliphatic heterocycles. The average molecular weight is 307 g/mol. The molecule has 0 heterocycles. The molecule has 10 heavy (non-hydrogen) atoms. The quantitative estimate of drug-likeness (QED) is 0.329. The predicted molar refractivity (Wildman–Crippen MR) is 15.8 cm³/mol. The van der Waals surface area contributed by atoms with Gasteiger partial charge in [0.2, 0.25) is 0 Å². The van der Waals surface area contributed by atoms with Crippen LogP contribution in [0.25, 0.3) is 0 Å². The van der Waals surface area contributed by atoms with Gasteiger partial charge in [0, 0.05) is 0 Å². The van der Waals surface area contributed by atoms with Gasteiger partial charge in [-0.2, -0.15) is 0 Å². The van der Waals surface area contributed by atoms with E-state index in [2.05, 4.69) is 0 Å². The first kappa shape index (κ1) is 29.3. The van der Waals surface area contributed by atoms with E-state index in [-0.39, 0.29) is 120 Å². The molecule has 8 heteroatoms. The Morgan fingerprint density at radius 2 is 1.00 bits per heavy atom. The van der Waals surface area contributed by atoms with E-state index in [1.807, 2.05) is 0 Å². The Bertz CT molecular complexity index is 87.3. The minimum absolute atomic E-state index is 0. The van der Waals surface area contributed by atoms with Gasteiger partial charge in [0.1, 0.15) is 0 Å². The number of rotatable bonds is 0. The zero-order valence-electron chi connectivity index (χ0n) is 5.72. The fraction of sp³-hybridized carbons (Fsp3) is 0. The van der Waals surface area contributed by atoms with E-state index < -0.39 is 11.9 Å². The first-order valence-corrected chi connectivity index (χ1v) is 1.07. The van der Waals surface area contributed by atoms with Crippen molar-refractivity contribution in [3.05, 3.63) is 0 Å². The Morgan fingerprint density at radius 1 is 0.900 bits per heavy atom. The van der Waals surface area contributed by atoms with Crippen LogP contribution in [0.5, 0.6) is 0 Å². The molecule has 0 aromatic rings. The molecule has 42 valence electrons. The van der Waals surface area contributed by atoms with Crippen LogP contribution in [-0.2, 0) is 9.59 Å². The Morgan fingerprint density at radius 3 is 1.00 bits per heavy atom. The second-order valence-electron chi connectivity index (χ2n) is 0.575. The Labute approximate surface area is 149 Å². The van der Waals surface area contributed by atoms with Crippen LogP contribution < -0.4 is 81.7 Å². The van der Waals surface area contributed by atoms with Crippen LogP contribution in [0.2, 0.25) is 0 Å². The summed E-state index contributed by atoms with van der Waals surface area (Å²) in [5.41, 5.74) is 0. The van der Waals surface area contributed by atoms with Crippen molar-refractivity contribution in [3.63, 3.8) is 0 Å². The molecule has 0 bridgehead atoms. The van der Waals surface area contributed by atoms with Crippen LogP contribution in [0.3, 0.4) is 0 Å². The first-order chi connectivity index (χ1) is 2.64. The van der Waals surface area contributed by atoms with Gasteiger partial charge in [-0.15, -0.1) is 0 Å². The number of carboxylic acid groups (broad SMARTS) is 2. The molecule has 0 aromatic carbocycles. The van der Waals surface area contributed by atoms with Crippen LogP contribution in [0.1, 0.15) is 0 Å². The van der Waals surface area contributed by atoms with Gasteiger partial charge in [-0.1, -0.05) is 0 Å². The minimum Gasteiger partial charge on any atom is -1.00 e. The van der Waals surface area contributed by atoms with Gasteiger partial charge in [-0.3, -0.25) is 0 Å². The van der Waals surface area contributed by atoms with E-state index in [4.69, 9.17) is 19.8 Å². The van der Waals surface area contributed by atoms with Crippen LogP contribution in [-0.4, -0.2) is 60.8 Å². The summed E-state index contributed by atoms with van der Waals surface area (Å²) in [7, 11) is 0. The fourth-order valence-corrected chi connectivity index (χ4v) is 0. The maximum absolute atomic E-state index is 8.93. The van der Waals surface area contributed by atoms with Crippen LogP contribution in [0.4, 0.5) is 0 Å². The fourth-order valence-electron chi connectivity index (χ4n) is 0. The van der Waals surface area contributed by atoms with Crippen LogP contribution in [0.15, 0.2) is 0 Å². The van der Waals surface area contributed by atoms with Gasteiger partial charge in [0.05, 0.1) is 11.9 Å². The van der Waals surface area contributed by atoms with Crippen molar-refractivity contribution in [2.24, 2.45) is 0 Å². The zero-order chi connectivity index (χ0) is 5.15. The Kier molecular flexibility index (Phi) is 52.1. The molecule has 0 aromatic heterocycles. The van der Waals surface area contributed by atoms with Crippen LogP contribution in [0, 0.1) is 0 Å². The van der Waals surface area contributed by atoms with Gasteiger partial charge in [0.25, 0.3) is 0 Å².